The van der Waals surface area contributed by atoms with Crippen molar-refractivity contribution in [1.82, 2.24) is 4.90 Å². The molecule has 1 aromatic rings. The molecule has 0 aliphatic carbocycles. The summed E-state index contributed by atoms with van der Waals surface area (Å²) in [4.78, 5) is 12.2. The highest BCUT2D eigenvalue weighted by Crippen LogP contribution is 2.22. The maximum Gasteiger partial charge on any atom is 0.406 e. The van der Waals surface area contributed by atoms with Gasteiger partial charge in [-0.05, 0) is 34.1 Å². The first kappa shape index (κ1) is 13.8. The molecule has 0 saturated heterocycles. The SMILES string of the molecule is CN(CC(F)(F)F)C(=O)c1ccc(Br)c(N)c1. The third-order valence-electron chi connectivity index (χ3n) is 2.01. The van der Waals surface area contributed by atoms with Crippen LogP contribution < -0.4 is 5.73 Å². The standard InChI is InChI=1S/C10H10BrF3N2O/c1-16(5-10(12,13)14)9(17)6-2-3-7(11)8(15)4-6/h2-4H,5,15H2,1H3. The molecular weight excluding hydrogens is 301 g/mol. The van der Waals surface area contributed by atoms with Crippen LogP contribution in [0.2, 0.25) is 0 Å². The van der Waals surface area contributed by atoms with Crippen LogP contribution >= 0.6 is 15.9 Å². The molecule has 7 heteroatoms. The summed E-state index contributed by atoms with van der Waals surface area (Å²) in [5.74, 6) is -0.721. The zero-order valence-electron chi connectivity index (χ0n) is 8.88. The van der Waals surface area contributed by atoms with Crippen LogP contribution in [0.15, 0.2) is 22.7 Å². The quantitative estimate of drug-likeness (QED) is 0.854. The van der Waals surface area contributed by atoms with Gasteiger partial charge in [-0.15, -0.1) is 0 Å². The molecule has 2 N–H and O–H groups in total. The number of nitrogens with two attached hydrogens (primary N) is 1. The second-order valence-corrected chi connectivity index (χ2v) is 4.37. The molecule has 0 spiro atoms. The summed E-state index contributed by atoms with van der Waals surface area (Å²) in [6.07, 6.45) is -4.41. The van der Waals surface area contributed by atoms with E-state index in [0.29, 0.717) is 15.1 Å². The Bertz CT molecular complexity index is 434. The molecule has 0 aliphatic rings. The minimum absolute atomic E-state index is 0.123. The summed E-state index contributed by atoms with van der Waals surface area (Å²) in [6, 6.07) is 4.26. The molecule has 0 saturated carbocycles. The lowest BCUT2D eigenvalue weighted by Gasteiger charge is -2.19. The number of nitrogens with zero attached hydrogens (tertiary/aromatic N) is 1. The number of alkyl halides is 3. The predicted molar refractivity (Wildman–Crippen MR) is 61.6 cm³/mol. The van der Waals surface area contributed by atoms with Crippen LogP contribution in [0.1, 0.15) is 10.4 Å². The maximum absolute atomic E-state index is 12.1. The van der Waals surface area contributed by atoms with Crippen LogP contribution in [0.4, 0.5) is 18.9 Å². The summed E-state index contributed by atoms with van der Waals surface area (Å²) >= 11 is 3.13. The zero-order valence-corrected chi connectivity index (χ0v) is 10.5. The topological polar surface area (TPSA) is 46.3 Å². The molecule has 0 aromatic heterocycles. The van der Waals surface area contributed by atoms with Crippen molar-refractivity contribution in [2.45, 2.75) is 6.18 Å². The lowest BCUT2D eigenvalue weighted by Crippen LogP contribution is -2.35. The molecule has 17 heavy (non-hydrogen) atoms. The first-order valence-corrected chi connectivity index (χ1v) is 5.37. The van der Waals surface area contributed by atoms with E-state index < -0.39 is 18.6 Å². The summed E-state index contributed by atoms with van der Waals surface area (Å²) in [5, 5.41) is 0. The monoisotopic (exact) mass is 310 g/mol. The minimum atomic E-state index is -4.41. The van der Waals surface area contributed by atoms with Crippen molar-refractivity contribution in [2.24, 2.45) is 0 Å². The Kier molecular flexibility index (Phi) is 4.03. The van der Waals surface area contributed by atoms with Gasteiger partial charge in [-0.1, -0.05) is 0 Å². The number of nitrogen functional groups attached to an aromatic ring is 1. The zero-order chi connectivity index (χ0) is 13.2. The average Bonchev–Trinajstić information content (AvgIpc) is 2.18. The van der Waals surface area contributed by atoms with Crippen molar-refractivity contribution in [1.29, 1.82) is 0 Å². The molecule has 0 radical (unpaired) electrons. The van der Waals surface area contributed by atoms with Crippen molar-refractivity contribution in [3.8, 4) is 0 Å². The smallest absolute Gasteiger partial charge is 0.398 e. The van der Waals surface area contributed by atoms with Gasteiger partial charge in [0.15, 0.2) is 0 Å². The van der Waals surface area contributed by atoms with E-state index in [1.807, 2.05) is 0 Å². The number of carbonyl (C=O) groups excluding carboxylic acids is 1. The van der Waals surface area contributed by atoms with Gasteiger partial charge in [-0.3, -0.25) is 4.79 Å². The van der Waals surface area contributed by atoms with Crippen LogP contribution in [0.5, 0.6) is 0 Å². The number of amides is 1. The Morgan fingerprint density at radius 1 is 1.47 bits per heavy atom. The second-order valence-electron chi connectivity index (χ2n) is 3.51. The van der Waals surface area contributed by atoms with Gasteiger partial charge in [-0.25, -0.2) is 0 Å². The first-order chi connectivity index (χ1) is 7.70. The Hall–Kier alpha value is -1.24. The highest BCUT2D eigenvalue weighted by Gasteiger charge is 2.31. The molecule has 0 aliphatic heterocycles. The Balaban J connectivity index is 2.85. The molecule has 0 bridgehead atoms. The molecule has 0 atom stereocenters. The largest absolute Gasteiger partial charge is 0.406 e. The van der Waals surface area contributed by atoms with Crippen molar-refractivity contribution >= 4 is 27.5 Å². The summed E-state index contributed by atoms with van der Waals surface area (Å²) in [7, 11) is 1.09. The number of rotatable bonds is 2. The van der Waals surface area contributed by atoms with E-state index in [-0.39, 0.29) is 5.56 Å². The minimum Gasteiger partial charge on any atom is -0.398 e. The van der Waals surface area contributed by atoms with Gasteiger partial charge < -0.3 is 10.6 Å². The number of halogens is 4. The van der Waals surface area contributed by atoms with Crippen molar-refractivity contribution in [2.75, 3.05) is 19.3 Å². The normalized spacial score (nSPS) is 11.4. The molecular formula is C10H10BrF3N2O. The van der Waals surface area contributed by atoms with Crippen molar-refractivity contribution in [3.05, 3.63) is 28.2 Å². The molecule has 0 fully saturated rings. The molecule has 0 unspecified atom stereocenters. The summed E-state index contributed by atoms with van der Waals surface area (Å²) in [6.45, 7) is -1.29. The summed E-state index contributed by atoms with van der Waals surface area (Å²) in [5.41, 5.74) is 5.97. The van der Waals surface area contributed by atoms with Crippen LogP contribution in [-0.2, 0) is 0 Å². The predicted octanol–water partition coefficient (Wildman–Crippen LogP) is 2.67. The van der Waals surface area contributed by atoms with Crippen molar-refractivity contribution in [3.63, 3.8) is 0 Å². The molecule has 3 nitrogen and oxygen atoms in total. The Morgan fingerprint density at radius 2 is 2.06 bits per heavy atom. The average molecular weight is 311 g/mol. The van der Waals surface area contributed by atoms with Gasteiger partial charge in [0.2, 0.25) is 0 Å². The van der Waals surface area contributed by atoms with E-state index in [1.165, 1.54) is 18.2 Å². The molecule has 94 valence electrons. The number of anilines is 1. The van der Waals surface area contributed by atoms with Crippen LogP contribution in [0, 0.1) is 0 Å². The fraction of sp³-hybridized carbons (Fsp3) is 0.300. The van der Waals surface area contributed by atoms with Crippen LogP contribution in [0.3, 0.4) is 0 Å². The first-order valence-electron chi connectivity index (χ1n) is 4.58. The van der Waals surface area contributed by atoms with E-state index in [2.05, 4.69) is 15.9 Å². The highest BCUT2D eigenvalue weighted by molar-refractivity contribution is 9.10. The van der Waals surface area contributed by atoms with Gasteiger partial charge in [0.05, 0.1) is 0 Å². The van der Waals surface area contributed by atoms with Gasteiger partial charge in [0.1, 0.15) is 6.54 Å². The van der Waals surface area contributed by atoms with Gasteiger partial charge >= 0.3 is 6.18 Å². The van der Waals surface area contributed by atoms with Gasteiger partial charge in [0.25, 0.3) is 5.91 Å². The Morgan fingerprint density at radius 3 is 2.53 bits per heavy atom. The molecule has 1 amide bonds. The second kappa shape index (κ2) is 4.95. The third-order valence-corrected chi connectivity index (χ3v) is 2.73. The molecule has 1 rings (SSSR count). The van der Waals surface area contributed by atoms with Crippen LogP contribution in [0.25, 0.3) is 0 Å². The van der Waals surface area contributed by atoms with Gasteiger partial charge in [0, 0.05) is 22.8 Å². The maximum atomic E-state index is 12.1. The van der Waals surface area contributed by atoms with E-state index in [1.54, 1.807) is 0 Å². The van der Waals surface area contributed by atoms with Gasteiger partial charge in [-0.2, -0.15) is 13.2 Å². The molecule has 0 heterocycles. The fourth-order valence-electron chi connectivity index (χ4n) is 1.24. The molecule has 1 aromatic carbocycles. The van der Waals surface area contributed by atoms with E-state index in [9.17, 15) is 18.0 Å². The summed E-state index contributed by atoms with van der Waals surface area (Å²) < 4.78 is 36.9. The number of benzene rings is 1. The number of hydrogen-bond donors (Lipinski definition) is 1. The number of carbonyl (C=O) groups is 1. The lowest BCUT2D eigenvalue weighted by atomic mass is 10.2. The highest BCUT2D eigenvalue weighted by atomic mass is 79.9. The van der Waals surface area contributed by atoms with E-state index >= 15 is 0 Å². The number of hydrogen-bond acceptors (Lipinski definition) is 2. The van der Waals surface area contributed by atoms with Crippen molar-refractivity contribution < 1.29 is 18.0 Å². The van der Waals surface area contributed by atoms with E-state index in [0.717, 1.165) is 7.05 Å². The lowest BCUT2D eigenvalue weighted by molar-refractivity contribution is -0.138. The van der Waals surface area contributed by atoms with E-state index in [4.69, 9.17) is 5.73 Å². The van der Waals surface area contributed by atoms with Crippen LogP contribution in [-0.4, -0.2) is 30.6 Å². The fourth-order valence-corrected chi connectivity index (χ4v) is 1.48. The Labute approximate surface area is 105 Å². The third kappa shape index (κ3) is 3.92.